The van der Waals surface area contributed by atoms with Gasteiger partial charge in [0, 0.05) is 40.7 Å². The van der Waals surface area contributed by atoms with Crippen LogP contribution in [0.4, 0.5) is 13.2 Å². The zero-order chi connectivity index (χ0) is 43.3. The van der Waals surface area contributed by atoms with E-state index in [2.05, 4.69) is 93.8 Å². The van der Waals surface area contributed by atoms with Crippen LogP contribution in [0.3, 0.4) is 0 Å². The van der Waals surface area contributed by atoms with Gasteiger partial charge in [-0.3, -0.25) is 19.7 Å². The van der Waals surface area contributed by atoms with Gasteiger partial charge in [0.2, 0.25) is 0 Å². The molecule has 8 nitrogen and oxygen atoms in total. The number of carbonyl (C=O) groups is 1. The van der Waals surface area contributed by atoms with Crippen molar-refractivity contribution in [2.75, 3.05) is 5.33 Å². The average molecular weight is 1000 g/mol. The van der Waals surface area contributed by atoms with Crippen LogP contribution >= 0.6 is 79.6 Å². The number of hydrogen-bond donors (Lipinski definition) is 2. The molecule has 0 aliphatic heterocycles. The molecule has 0 amide bonds. The third-order valence-corrected chi connectivity index (χ3v) is 10.7. The molecule has 301 valence electrons. The number of carbonyl (C=O) groups excluding carboxylic acids is 1. The number of benzene rings is 3. The number of nitrogens with zero attached hydrogens (tertiary/aromatic N) is 6. The van der Waals surface area contributed by atoms with E-state index in [4.69, 9.17) is 5.73 Å². The number of pyridine rings is 3. The predicted octanol–water partition coefficient (Wildman–Crippen LogP) is 12.1. The van der Waals surface area contributed by atoms with Gasteiger partial charge < -0.3 is 5.73 Å². The van der Waals surface area contributed by atoms with Gasteiger partial charge in [0.1, 0.15) is 49.5 Å². The van der Waals surface area contributed by atoms with E-state index in [1.165, 1.54) is 59.1 Å². The summed E-state index contributed by atoms with van der Waals surface area (Å²) < 4.78 is 41.6. The van der Waals surface area contributed by atoms with E-state index >= 15 is 0 Å². The molecule has 0 bridgehead atoms. The van der Waals surface area contributed by atoms with Crippen molar-refractivity contribution in [1.29, 1.82) is 0 Å². The monoisotopic (exact) mass is 1000 g/mol. The van der Waals surface area contributed by atoms with Crippen molar-refractivity contribution in [1.82, 2.24) is 24.9 Å². The Bertz CT molecular complexity index is 2540. The Balaban J connectivity index is 0.000000179. The van der Waals surface area contributed by atoms with E-state index in [-0.39, 0.29) is 23.2 Å². The predicted molar refractivity (Wildman–Crippen MR) is 251 cm³/mol. The molecule has 8 rings (SSSR count). The molecular formula is C42H30BBr2F3N7OS4. The van der Waals surface area contributed by atoms with Crippen LogP contribution in [-0.2, 0) is 0 Å². The Labute approximate surface area is 381 Å². The first-order chi connectivity index (χ1) is 29.0. The fraction of sp³-hybridized carbons (Fsp3) is 0.0238. The molecular weight excluding hydrogens is 974 g/mol. The zero-order valence-electron chi connectivity index (χ0n) is 30.9. The van der Waals surface area contributed by atoms with Gasteiger partial charge >= 0.3 is 24.8 Å². The number of rotatable bonds is 7. The molecule has 1 radical (unpaired) electrons. The van der Waals surface area contributed by atoms with Crippen LogP contribution in [0.15, 0.2) is 159 Å². The minimum atomic E-state index is -0.278. The molecule has 0 saturated carbocycles. The second kappa shape index (κ2) is 25.5. The first-order valence-electron chi connectivity index (χ1n) is 17.1. The van der Waals surface area contributed by atoms with Gasteiger partial charge in [-0.15, -0.1) is 22.7 Å². The summed E-state index contributed by atoms with van der Waals surface area (Å²) in [4.78, 5) is 32.7. The molecule has 0 aliphatic carbocycles. The van der Waals surface area contributed by atoms with Crippen LogP contribution in [-0.4, -0.2) is 48.7 Å². The quantitative estimate of drug-likeness (QED) is 0.0533. The van der Waals surface area contributed by atoms with E-state index in [0.29, 0.717) is 21.6 Å². The summed E-state index contributed by atoms with van der Waals surface area (Å²) in [6.45, 7) is 0. The van der Waals surface area contributed by atoms with Crippen LogP contribution < -0.4 is 5.73 Å². The van der Waals surface area contributed by atoms with E-state index in [1.807, 2.05) is 41.8 Å². The van der Waals surface area contributed by atoms with Crippen LogP contribution in [0, 0.1) is 17.5 Å². The third-order valence-electron chi connectivity index (χ3n) is 7.31. The van der Waals surface area contributed by atoms with Crippen molar-refractivity contribution < 1.29 is 18.0 Å². The van der Waals surface area contributed by atoms with E-state index in [0.717, 1.165) is 47.7 Å². The first kappa shape index (κ1) is 47.6. The van der Waals surface area contributed by atoms with Gasteiger partial charge in [-0.25, -0.2) is 23.1 Å². The normalized spacial score (nSPS) is 9.82. The molecule has 0 atom stereocenters. The number of aromatic nitrogens is 5. The minimum absolute atomic E-state index is 0.0144. The molecule has 8 aromatic rings. The maximum absolute atomic E-state index is 12.9. The molecule has 3 aromatic carbocycles. The Kier molecular flexibility index (Phi) is 20.2. The molecule has 5 aromatic heterocycles. The van der Waals surface area contributed by atoms with E-state index < -0.39 is 0 Å². The Morgan fingerprint density at radius 1 is 0.700 bits per heavy atom. The van der Waals surface area contributed by atoms with Crippen LogP contribution in [0.1, 0.15) is 16.1 Å². The summed E-state index contributed by atoms with van der Waals surface area (Å²) in [5.74, 6) is -0.745. The number of ketones is 1. The summed E-state index contributed by atoms with van der Waals surface area (Å²) in [7, 11) is 4.34. The number of Topliss-reactive ketones (excluding diaryl/α,β-unsaturated/α-hetero) is 1. The number of hydrogen-bond acceptors (Lipinski definition) is 11. The molecule has 0 fully saturated rings. The summed E-state index contributed by atoms with van der Waals surface area (Å²) in [5.41, 5.74) is 11.6. The van der Waals surface area contributed by atoms with Gasteiger partial charge in [-0.05, 0) is 125 Å². The van der Waals surface area contributed by atoms with Gasteiger partial charge in [0.25, 0.3) is 0 Å². The van der Waals surface area contributed by atoms with Crippen LogP contribution in [0.5, 0.6) is 0 Å². The number of thiol groups is 1. The van der Waals surface area contributed by atoms with Crippen LogP contribution in [0.2, 0.25) is 0 Å². The third kappa shape index (κ3) is 15.5. The molecule has 60 heavy (non-hydrogen) atoms. The second-order valence-electron chi connectivity index (χ2n) is 11.4. The SMILES string of the molecule is Fc1ccc(-c2nc(-c3ccccn3)c(Br)s2)cc1.Fc1ccc(-c2nc(-c3ccccn3)cs2)cc1.NC(=S)c1ccc(F)cc1.O=C(CBr)c1ccccn1.[B]=NS. The Hall–Kier alpha value is -5.11. The molecule has 0 aliphatic rings. The Morgan fingerprint density at radius 3 is 1.65 bits per heavy atom. The molecule has 0 unspecified atom stereocenters. The van der Waals surface area contributed by atoms with Crippen molar-refractivity contribution >= 4 is 98.0 Å². The van der Waals surface area contributed by atoms with Gasteiger partial charge in [-0.1, -0.05) is 46.3 Å². The summed E-state index contributed by atoms with van der Waals surface area (Å²) in [6, 6.07) is 35.1. The van der Waals surface area contributed by atoms with E-state index in [1.54, 1.807) is 73.2 Å². The van der Waals surface area contributed by atoms with Crippen molar-refractivity contribution in [2.45, 2.75) is 0 Å². The van der Waals surface area contributed by atoms with Gasteiger partial charge in [0.15, 0.2) is 5.78 Å². The molecule has 0 saturated heterocycles. The standard InChI is InChI=1S/C14H8BrFN2S.C14H9FN2S.C7H6BrNO.C7H6FNS.BHNS/c15-13-12(11-3-1-2-8-17-11)18-14(19-13)9-4-6-10(16)7-5-9;15-11-6-4-10(5-7-11)14-17-13(9-18-14)12-3-1-2-8-16-12;8-5-7(10)6-3-1-2-4-9-6;8-6-3-1-5(2-4-6)7(9)10;1-2-3/h1-8H;1-9H;1-4H,5H2;1-4H,(H2,9,10);3H. The van der Waals surface area contributed by atoms with Gasteiger partial charge in [-0.2, -0.15) is 0 Å². The summed E-state index contributed by atoms with van der Waals surface area (Å²) in [5, 5.41) is 4.01. The Morgan fingerprint density at radius 2 is 1.18 bits per heavy atom. The van der Waals surface area contributed by atoms with E-state index in [9.17, 15) is 18.0 Å². The first-order valence-corrected chi connectivity index (χ1v) is 21.5. The zero-order valence-corrected chi connectivity index (χ0v) is 37.5. The fourth-order valence-corrected chi connectivity index (χ4v) is 7.32. The maximum atomic E-state index is 12.9. The number of alkyl halides is 1. The van der Waals surface area contributed by atoms with Crippen molar-refractivity contribution in [2.24, 2.45) is 10.0 Å². The topological polar surface area (TPSA) is 120 Å². The number of thiocarbonyl (C=S) groups is 1. The summed E-state index contributed by atoms with van der Waals surface area (Å²) >= 11 is 17.5. The van der Waals surface area contributed by atoms with Crippen LogP contribution in [0.25, 0.3) is 43.9 Å². The molecule has 2 N–H and O–H groups in total. The van der Waals surface area contributed by atoms with Crippen molar-refractivity contribution in [3.05, 3.63) is 184 Å². The van der Waals surface area contributed by atoms with Gasteiger partial charge in [0.05, 0.1) is 20.5 Å². The number of halogens is 5. The fourth-order valence-electron chi connectivity index (χ4n) is 4.52. The summed E-state index contributed by atoms with van der Waals surface area (Å²) in [6.07, 6.45) is 5.08. The number of nitrogens with two attached hydrogens (primary N) is 1. The molecule has 5 heterocycles. The van der Waals surface area contributed by atoms with Crippen molar-refractivity contribution in [3.8, 4) is 43.9 Å². The second-order valence-corrected chi connectivity index (χ2v) is 15.8. The van der Waals surface area contributed by atoms with Crippen molar-refractivity contribution in [3.63, 3.8) is 0 Å². The number of thiazole rings is 2. The molecule has 18 heteroatoms. The molecule has 0 spiro atoms. The average Bonchev–Trinajstić information content (AvgIpc) is 3.94.